The molecular weight excluding hydrogens is 435 g/mol. The van der Waals surface area contributed by atoms with Crippen LogP contribution in [-0.2, 0) is 7.05 Å². The summed E-state index contributed by atoms with van der Waals surface area (Å²) in [5.41, 5.74) is 1.02. The molecule has 0 saturated carbocycles. The first-order valence-corrected chi connectivity index (χ1v) is 10.6. The minimum Gasteiger partial charge on any atom is -0.501 e. The van der Waals surface area contributed by atoms with Gasteiger partial charge in [-0.3, -0.25) is 14.2 Å². The molecule has 3 aromatic carbocycles. The largest absolute Gasteiger partial charge is 0.501 e. The SMILES string of the molecule is CN(c1nc(C(=O)Nc2ccc(F)cc2)c(O)c(=O)n1C)C(c1ccccc1)c1ccccc1. The molecule has 0 radical (unpaired) electrons. The maximum Gasteiger partial charge on any atom is 0.297 e. The number of nitrogens with zero attached hydrogens (tertiary/aromatic N) is 3. The number of amides is 1. The van der Waals surface area contributed by atoms with Crippen molar-refractivity contribution in [1.82, 2.24) is 9.55 Å². The van der Waals surface area contributed by atoms with Crippen LogP contribution in [0.2, 0.25) is 0 Å². The molecule has 0 saturated heterocycles. The normalized spacial score (nSPS) is 10.8. The van der Waals surface area contributed by atoms with Gasteiger partial charge in [-0.1, -0.05) is 60.7 Å². The van der Waals surface area contributed by atoms with Gasteiger partial charge in [-0.2, -0.15) is 0 Å². The standard InChI is InChI=1S/C26H23FN4O3/c1-30(22(17-9-5-3-6-10-17)18-11-7-4-8-12-18)26-29-21(23(32)25(34)31(26)2)24(33)28-20-15-13-19(27)14-16-20/h3-16,22,32H,1-2H3,(H,28,33). The van der Waals surface area contributed by atoms with Crippen molar-refractivity contribution in [1.29, 1.82) is 0 Å². The van der Waals surface area contributed by atoms with Crippen molar-refractivity contribution < 1.29 is 14.3 Å². The van der Waals surface area contributed by atoms with Gasteiger partial charge < -0.3 is 15.3 Å². The highest BCUT2D eigenvalue weighted by molar-refractivity contribution is 6.04. The molecular formula is C26H23FN4O3. The van der Waals surface area contributed by atoms with Crippen LogP contribution in [0.3, 0.4) is 0 Å². The summed E-state index contributed by atoms with van der Waals surface area (Å²) in [7, 11) is 3.25. The summed E-state index contributed by atoms with van der Waals surface area (Å²) < 4.78 is 14.4. The molecule has 1 heterocycles. The monoisotopic (exact) mass is 458 g/mol. The first-order chi connectivity index (χ1) is 16.4. The molecule has 0 bridgehead atoms. The molecule has 1 amide bonds. The zero-order valence-electron chi connectivity index (χ0n) is 18.6. The van der Waals surface area contributed by atoms with Gasteiger partial charge in [-0.15, -0.1) is 0 Å². The summed E-state index contributed by atoms with van der Waals surface area (Å²) in [4.78, 5) is 31.9. The fourth-order valence-electron chi connectivity index (χ4n) is 3.80. The van der Waals surface area contributed by atoms with Gasteiger partial charge in [0.1, 0.15) is 5.82 Å². The summed E-state index contributed by atoms with van der Waals surface area (Å²) in [6.45, 7) is 0. The number of aromatic nitrogens is 2. The fraction of sp³-hybridized carbons (Fsp3) is 0.115. The van der Waals surface area contributed by atoms with Crippen LogP contribution in [0.1, 0.15) is 27.7 Å². The van der Waals surface area contributed by atoms with E-state index in [1.54, 1.807) is 11.9 Å². The molecule has 2 N–H and O–H groups in total. The summed E-state index contributed by atoms with van der Waals surface area (Å²) >= 11 is 0. The maximum absolute atomic E-state index is 13.2. The van der Waals surface area contributed by atoms with Gasteiger partial charge in [0, 0.05) is 19.8 Å². The highest BCUT2D eigenvalue weighted by Crippen LogP contribution is 2.31. The lowest BCUT2D eigenvalue weighted by Crippen LogP contribution is -2.34. The highest BCUT2D eigenvalue weighted by atomic mass is 19.1. The van der Waals surface area contributed by atoms with Crippen molar-refractivity contribution in [3.05, 3.63) is 118 Å². The van der Waals surface area contributed by atoms with Gasteiger partial charge in [0.05, 0.1) is 6.04 Å². The van der Waals surface area contributed by atoms with Crippen molar-refractivity contribution in [2.45, 2.75) is 6.04 Å². The number of aromatic hydroxyl groups is 1. The number of rotatable bonds is 6. The molecule has 8 heteroatoms. The smallest absolute Gasteiger partial charge is 0.297 e. The Morgan fingerprint density at radius 3 is 2.03 bits per heavy atom. The Labute approximate surface area is 195 Å². The van der Waals surface area contributed by atoms with Gasteiger partial charge in [0.25, 0.3) is 11.5 Å². The molecule has 0 aliphatic heterocycles. The molecule has 34 heavy (non-hydrogen) atoms. The van der Waals surface area contributed by atoms with E-state index in [1.807, 2.05) is 60.7 Å². The third kappa shape index (κ3) is 4.52. The van der Waals surface area contributed by atoms with Crippen molar-refractivity contribution in [3.8, 4) is 5.75 Å². The van der Waals surface area contributed by atoms with E-state index in [1.165, 1.54) is 35.9 Å². The lowest BCUT2D eigenvalue weighted by molar-refractivity contribution is 0.101. The Morgan fingerprint density at radius 2 is 1.50 bits per heavy atom. The number of carbonyl (C=O) groups excluding carboxylic acids is 1. The average Bonchev–Trinajstić information content (AvgIpc) is 2.85. The number of anilines is 2. The molecule has 4 aromatic rings. The zero-order valence-corrected chi connectivity index (χ0v) is 18.6. The Hall–Kier alpha value is -4.46. The number of benzene rings is 3. The third-order valence-electron chi connectivity index (χ3n) is 5.49. The molecule has 0 unspecified atom stereocenters. The third-order valence-corrected chi connectivity index (χ3v) is 5.49. The molecule has 0 aliphatic carbocycles. The van der Waals surface area contributed by atoms with Crippen molar-refractivity contribution in [3.63, 3.8) is 0 Å². The van der Waals surface area contributed by atoms with Crippen LogP contribution in [-0.4, -0.2) is 27.6 Å². The van der Waals surface area contributed by atoms with E-state index < -0.39 is 28.7 Å². The van der Waals surface area contributed by atoms with Crippen LogP contribution in [0, 0.1) is 5.82 Å². The Kier molecular flexibility index (Phi) is 6.40. The predicted octanol–water partition coefficient (Wildman–Crippen LogP) is 4.10. The van der Waals surface area contributed by atoms with E-state index >= 15 is 0 Å². The number of carbonyl (C=O) groups is 1. The first kappa shape index (κ1) is 22.7. The van der Waals surface area contributed by atoms with E-state index in [0.717, 1.165) is 11.1 Å². The molecule has 4 rings (SSSR count). The van der Waals surface area contributed by atoms with Crippen molar-refractivity contribution in [2.75, 3.05) is 17.3 Å². The molecule has 1 aromatic heterocycles. The second-order valence-corrected chi connectivity index (χ2v) is 7.77. The predicted molar refractivity (Wildman–Crippen MR) is 129 cm³/mol. The van der Waals surface area contributed by atoms with Crippen LogP contribution < -0.4 is 15.8 Å². The van der Waals surface area contributed by atoms with E-state index in [9.17, 15) is 19.1 Å². The van der Waals surface area contributed by atoms with Crippen LogP contribution in [0.15, 0.2) is 89.7 Å². The Bertz CT molecular complexity index is 1320. The summed E-state index contributed by atoms with van der Waals surface area (Å²) in [6.07, 6.45) is 0. The van der Waals surface area contributed by atoms with Crippen molar-refractivity contribution in [2.24, 2.45) is 7.05 Å². The summed E-state index contributed by atoms with van der Waals surface area (Å²) in [5.74, 6) is -1.82. The molecule has 0 fully saturated rings. The van der Waals surface area contributed by atoms with Crippen LogP contribution in [0.4, 0.5) is 16.0 Å². The molecule has 7 nitrogen and oxygen atoms in total. The molecule has 0 aliphatic rings. The van der Waals surface area contributed by atoms with Gasteiger partial charge in [-0.05, 0) is 35.4 Å². The lowest BCUT2D eigenvalue weighted by Gasteiger charge is -2.31. The van der Waals surface area contributed by atoms with Gasteiger partial charge in [-0.25, -0.2) is 9.37 Å². The minimum atomic E-state index is -0.785. The lowest BCUT2D eigenvalue weighted by atomic mass is 9.97. The van der Waals surface area contributed by atoms with E-state index in [0.29, 0.717) is 5.69 Å². The Balaban J connectivity index is 1.78. The zero-order chi connectivity index (χ0) is 24.2. The number of hydrogen-bond donors (Lipinski definition) is 2. The number of nitrogens with one attached hydrogen (secondary N) is 1. The minimum absolute atomic E-state index is 0.185. The number of hydrogen-bond acceptors (Lipinski definition) is 5. The second kappa shape index (κ2) is 9.58. The average molecular weight is 458 g/mol. The molecule has 0 spiro atoms. The van der Waals surface area contributed by atoms with Gasteiger partial charge in [0.2, 0.25) is 11.7 Å². The second-order valence-electron chi connectivity index (χ2n) is 7.77. The van der Waals surface area contributed by atoms with Crippen LogP contribution >= 0.6 is 0 Å². The summed E-state index contributed by atoms with van der Waals surface area (Å²) in [6, 6.07) is 24.2. The first-order valence-electron chi connectivity index (χ1n) is 10.6. The van der Waals surface area contributed by atoms with Crippen LogP contribution in [0.5, 0.6) is 5.75 Å². The molecule has 0 atom stereocenters. The number of halogens is 1. The van der Waals surface area contributed by atoms with Gasteiger partial charge in [0.15, 0.2) is 5.69 Å². The summed E-state index contributed by atoms with van der Waals surface area (Å²) in [5, 5.41) is 13.0. The van der Waals surface area contributed by atoms with Gasteiger partial charge >= 0.3 is 0 Å². The van der Waals surface area contributed by atoms with E-state index in [4.69, 9.17) is 0 Å². The van der Waals surface area contributed by atoms with Crippen molar-refractivity contribution >= 4 is 17.5 Å². The highest BCUT2D eigenvalue weighted by Gasteiger charge is 2.26. The van der Waals surface area contributed by atoms with E-state index in [-0.39, 0.29) is 12.0 Å². The van der Waals surface area contributed by atoms with E-state index in [2.05, 4.69) is 10.3 Å². The topological polar surface area (TPSA) is 87.5 Å². The molecule has 172 valence electrons. The fourth-order valence-corrected chi connectivity index (χ4v) is 3.80. The Morgan fingerprint density at radius 1 is 0.971 bits per heavy atom. The van der Waals surface area contributed by atoms with Crippen LogP contribution in [0.25, 0.3) is 0 Å². The quantitative estimate of drug-likeness (QED) is 0.454. The maximum atomic E-state index is 13.2.